The van der Waals surface area contributed by atoms with E-state index in [1.54, 1.807) is 6.20 Å². The van der Waals surface area contributed by atoms with Crippen molar-refractivity contribution in [1.82, 2.24) is 9.97 Å². The molecule has 1 saturated heterocycles. The first-order valence-electron chi connectivity index (χ1n) is 6.02. The Kier molecular flexibility index (Phi) is 2.85. The summed E-state index contributed by atoms with van der Waals surface area (Å²) in [6.07, 6.45) is 2.81. The minimum atomic E-state index is -0.226. The average molecular weight is 246 g/mol. The summed E-state index contributed by atoms with van der Waals surface area (Å²) in [5, 5.41) is 9.94. The first-order chi connectivity index (χ1) is 8.78. The average Bonchev–Trinajstić information content (AvgIpc) is 2.86. The van der Waals surface area contributed by atoms with Crippen molar-refractivity contribution in [3.63, 3.8) is 0 Å². The molecule has 1 aliphatic rings. The fourth-order valence-corrected chi connectivity index (χ4v) is 2.36. The molecule has 5 nitrogen and oxygen atoms in total. The van der Waals surface area contributed by atoms with Gasteiger partial charge in [0, 0.05) is 17.1 Å². The van der Waals surface area contributed by atoms with E-state index >= 15 is 0 Å². The number of aromatic amines is 1. The van der Waals surface area contributed by atoms with Crippen molar-refractivity contribution < 1.29 is 9.84 Å². The summed E-state index contributed by atoms with van der Waals surface area (Å²) in [5.74, 6) is 0. The van der Waals surface area contributed by atoms with Crippen molar-refractivity contribution in [3.05, 3.63) is 40.3 Å². The van der Waals surface area contributed by atoms with Crippen LogP contribution in [0.3, 0.4) is 0 Å². The first-order valence-corrected chi connectivity index (χ1v) is 6.02. The molecule has 1 fully saturated rings. The van der Waals surface area contributed by atoms with Crippen molar-refractivity contribution in [2.45, 2.75) is 25.0 Å². The summed E-state index contributed by atoms with van der Waals surface area (Å²) in [6.45, 7) is 0.00351. The van der Waals surface area contributed by atoms with Gasteiger partial charge in [-0.1, -0.05) is 0 Å². The zero-order valence-electron chi connectivity index (χ0n) is 9.80. The van der Waals surface area contributed by atoms with Gasteiger partial charge in [0.2, 0.25) is 0 Å². The molecule has 0 aliphatic carbocycles. The highest BCUT2D eigenvalue weighted by Gasteiger charge is 2.27. The topological polar surface area (TPSA) is 75.2 Å². The lowest BCUT2D eigenvalue weighted by molar-refractivity contribution is 0.0105. The second kappa shape index (κ2) is 4.51. The van der Waals surface area contributed by atoms with E-state index < -0.39 is 0 Å². The molecule has 2 unspecified atom stereocenters. The number of nitrogens with one attached hydrogen (secondary N) is 1. The van der Waals surface area contributed by atoms with E-state index in [1.807, 2.05) is 18.2 Å². The van der Waals surface area contributed by atoms with Crippen LogP contribution in [0, 0.1) is 0 Å². The maximum absolute atomic E-state index is 12.0. The Morgan fingerprint density at radius 3 is 3.17 bits per heavy atom. The number of aliphatic hydroxyl groups is 1. The highest BCUT2D eigenvalue weighted by molar-refractivity contribution is 5.74. The monoisotopic (exact) mass is 246 g/mol. The van der Waals surface area contributed by atoms with Crippen LogP contribution in [0.2, 0.25) is 0 Å². The molecule has 2 aromatic heterocycles. The molecule has 2 N–H and O–H groups in total. The minimum absolute atomic E-state index is 0.00351. The summed E-state index contributed by atoms with van der Waals surface area (Å²) in [7, 11) is 0. The van der Waals surface area contributed by atoms with Crippen LogP contribution in [0.1, 0.15) is 24.5 Å². The summed E-state index contributed by atoms with van der Waals surface area (Å²) in [5.41, 5.74) is 1.04. The Balaban J connectivity index is 2.02. The molecule has 2 atom stereocenters. The molecular weight excluding hydrogens is 232 g/mol. The van der Waals surface area contributed by atoms with Gasteiger partial charge in [-0.2, -0.15) is 0 Å². The number of hydrogen-bond donors (Lipinski definition) is 2. The van der Waals surface area contributed by atoms with Gasteiger partial charge in [0.25, 0.3) is 5.56 Å². The lowest BCUT2D eigenvalue weighted by Gasteiger charge is -2.12. The first kappa shape index (κ1) is 11.4. The molecule has 0 spiro atoms. The molecule has 0 amide bonds. The third-order valence-corrected chi connectivity index (χ3v) is 3.30. The van der Waals surface area contributed by atoms with Gasteiger partial charge in [0.05, 0.1) is 18.8 Å². The molecular formula is C13H14N2O3. The third kappa shape index (κ3) is 1.91. The number of rotatable bonds is 2. The van der Waals surface area contributed by atoms with Crippen molar-refractivity contribution in [2.24, 2.45) is 0 Å². The van der Waals surface area contributed by atoms with E-state index in [4.69, 9.17) is 9.84 Å². The Morgan fingerprint density at radius 2 is 2.39 bits per heavy atom. The van der Waals surface area contributed by atoms with Gasteiger partial charge in [-0.05, 0) is 31.0 Å². The maximum atomic E-state index is 12.0. The standard InChI is InChI=1S/C13H14N2O3/c16-7-9-3-4-11(18-9)10-6-8-2-1-5-14-12(8)15-13(10)17/h1-2,5-6,9,11,16H,3-4,7H2,(H,14,15,17). The van der Waals surface area contributed by atoms with Crippen molar-refractivity contribution in [1.29, 1.82) is 0 Å². The largest absolute Gasteiger partial charge is 0.394 e. The van der Waals surface area contributed by atoms with Crippen LogP contribution in [0.25, 0.3) is 11.0 Å². The van der Waals surface area contributed by atoms with Gasteiger partial charge < -0.3 is 14.8 Å². The summed E-state index contributed by atoms with van der Waals surface area (Å²) in [4.78, 5) is 18.8. The van der Waals surface area contributed by atoms with E-state index in [9.17, 15) is 4.79 Å². The van der Waals surface area contributed by atoms with Gasteiger partial charge in [-0.3, -0.25) is 4.79 Å². The minimum Gasteiger partial charge on any atom is -0.394 e. The summed E-state index contributed by atoms with van der Waals surface area (Å²) in [6, 6.07) is 5.56. The molecule has 0 bridgehead atoms. The van der Waals surface area contributed by atoms with Gasteiger partial charge in [-0.25, -0.2) is 4.98 Å². The molecule has 3 heterocycles. The lowest BCUT2D eigenvalue weighted by atomic mass is 10.1. The second-order valence-corrected chi connectivity index (χ2v) is 4.50. The lowest BCUT2D eigenvalue weighted by Crippen LogP contribution is -2.18. The van der Waals surface area contributed by atoms with E-state index in [1.165, 1.54) is 0 Å². The van der Waals surface area contributed by atoms with Crippen LogP contribution in [0.4, 0.5) is 0 Å². The fraction of sp³-hybridized carbons (Fsp3) is 0.385. The molecule has 18 heavy (non-hydrogen) atoms. The zero-order chi connectivity index (χ0) is 12.5. The SMILES string of the molecule is O=c1[nH]c2ncccc2cc1C1CCC(CO)O1. The van der Waals surface area contributed by atoms with Gasteiger partial charge in [0.15, 0.2) is 0 Å². The Morgan fingerprint density at radius 1 is 1.50 bits per heavy atom. The van der Waals surface area contributed by atoms with Crippen LogP contribution in [-0.4, -0.2) is 27.8 Å². The van der Waals surface area contributed by atoms with Crippen molar-refractivity contribution >= 4 is 11.0 Å². The number of aliphatic hydroxyl groups excluding tert-OH is 1. The summed E-state index contributed by atoms with van der Waals surface area (Å²) < 4.78 is 5.64. The van der Waals surface area contributed by atoms with Gasteiger partial charge >= 0.3 is 0 Å². The van der Waals surface area contributed by atoms with Crippen LogP contribution >= 0.6 is 0 Å². The number of pyridine rings is 2. The molecule has 0 aromatic carbocycles. The molecule has 94 valence electrons. The number of aromatic nitrogens is 2. The predicted octanol–water partition coefficient (Wildman–Crippen LogP) is 1.14. The van der Waals surface area contributed by atoms with E-state index in [2.05, 4.69) is 9.97 Å². The predicted molar refractivity (Wildman–Crippen MR) is 66.3 cm³/mol. The quantitative estimate of drug-likeness (QED) is 0.833. The van der Waals surface area contributed by atoms with Crippen molar-refractivity contribution in [2.75, 3.05) is 6.61 Å². The molecule has 0 radical (unpaired) electrons. The highest BCUT2D eigenvalue weighted by Crippen LogP contribution is 2.31. The molecule has 5 heteroatoms. The van der Waals surface area contributed by atoms with Crippen LogP contribution < -0.4 is 5.56 Å². The Labute approximate surface area is 103 Å². The molecule has 2 aromatic rings. The Hall–Kier alpha value is -1.72. The normalized spacial score (nSPS) is 23.6. The number of H-pyrrole nitrogens is 1. The molecule has 1 aliphatic heterocycles. The molecule has 3 rings (SSSR count). The summed E-state index contributed by atoms with van der Waals surface area (Å²) >= 11 is 0. The number of nitrogens with zero attached hydrogens (tertiary/aromatic N) is 1. The van der Waals surface area contributed by atoms with Crippen LogP contribution in [0.15, 0.2) is 29.2 Å². The van der Waals surface area contributed by atoms with Gasteiger partial charge in [0.1, 0.15) is 5.65 Å². The molecule has 0 saturated carbocycles. The Bertz CT molecular complexity index is 623. The number of fused-ring (bicyclic) bond motifs is 1. The number of ether oxygens (including phenoxy) is 1. The van der Waals surface area contributed by atoms with E-state index in [0.29, 0.717) is 11.2 Å². The van der Waals surface area contributed by atoms with Crippen LogP contribution in [0.5, 0.6) is 0 Å². The zero-order valence-corrected chi connectivity index (χ0v) is 9.80. The second-order valence-electron chi connectivity index (χ2n) is 4.50. The van der Waals surface area contributed by atoms with Gasteiger partial charge in [-0.15, -0.1) is 0 Å². The third-order valence-electron chi connectivity index (χ3n) is 3.30. The van der Waals surface area contributed by atoms with Crippen molar-refractivity contribution in [3.8, 4) is 0 Å². The number of hydrogen-bond acceptors (Lipinski definition) is 4. The van der Waals surface area contributed by atoms with Crippen LogP contribution in [-0.2, 0) is 4.74 Å². The maximum Gasteiger partial charge on any atom is 0.255 e. The van der Waals surface area contributed by atoms with E-state index in [-0.39, 0.29) is 24.4 Å². The smallest absolute Gasteiger partial charge is 0.255 e. The fourth-order valence-electron chi connectivity index (χ4n) is 2.36. The van der Waals surface area contributed by atoms with E-state index in [0.717, 1.165) is 18.2 Å². The highest BCUT2D eigenvalue weighted by atomic mass is 16.5.